The van der Waals surface area contributed by atoms with Crippen LogP contribution in [0.25, 0.3) is 5.69 Å². The van der Waals surface area contributed by atoms with Gasteiger partial charge in [0.15, 0.2) is 0 Å². The van der Waals surface area contributed by atoms with E-state index < -0.39 is 0 Å². The van der Waals surface area contributed by atoms with E-state index in [1.54, 1.807) is 0 Å². The number of carbonyl (C=O) groups excluding carboxylic acids is 1. The molecule has 3 heterocycles. The van der Waals surface area contributed by atoms with Gasteiger partial charge in [-0.05, 0) is 37.3 Å². The van der Waals surface area contributed by atoms with Crippen LogP contribution in [0, 0.1) is 5.92 Å². The van der Waals surface area contributed by atoms with Crippen molar-refractivity contribution in [2.45, 2.75) is 44.2 Å². The van der Waals surface area contributed by atoms with E-state index in [4.69, 9.17) is 4.98 Å². The van der Waals surface area contributed by atoms with Crippen molar-refractivity contribution in [1.29, 1.82) is 0 Å². The number of para-hydroxylation sites is 1. The van der Waals surface area contributed by atoms with E-state index in [2.05, 4.69) is 45.2 Å². The van der Waals surface area contributed by atoms with Gasteiger partial charge in [0.05, 0.1) is 11.2 Å². The molecule has 1 saturated carbocycles. The molecule has 0 bridgehead atoms. The molecular formula is C20H24N4O. The lowest BCUT2D eigenvalue weighted by Gasteiger charge is -2.43. The molecule has 2 aliphatic heterocycles. The Balaban J connectivity index is 1.43. The highest BCUT2D eigenvalue weighted by Crippen LogP contribution is 2.38. The topological polar surface area (TPSA) is 50.2 Å². The summed E-state index contributed by atoms with van der Waals surface area (Å²) in [5.74, 6) is 1.76. The molecule has 1 aromatic carbocycles. The fourth-order valence-corrected chi connectivity index (χ4v) is 4.51. The van der Waals surface area contributed by atoms with Gasteiger partial charge in [-0.25, -0.2) is 4.98 Å². The molecule has 0 radical (unpaired) electrons. The summed E-state index contributed by atoms with van der Waals surface area (Å²) in [6, 6.07) is 8.52. The minimum atomic E-state index is -0.140. The first-order valence-corrected chi connectivity index (χ1v) is 9.43. The van der Waals surface area contributed by atoms with E-state index in [0.717, 1.165) is 51.1 Å². The summed E-state index contributed by atoms with van der Waals surface area (Å²) in [7, 11) is 0. The van der Waals surface area contributed by atoms with Crippen molar-refractivity contribution >= 4 is 5.91 Å². The van der Waals surface area contributed by atoms with Crippen LogP contribution in [-0.2, 0) is 16.9 Å². The van der Waals surface area contributed by atoms with E-state index in [0.29, 0.717) is 11.8 Å². The number of hydrogen-bond donors (Lipinski definition) is 1. The Hall–Kier alpha value is -2.14. The third kappa shape index (κ3) is 2.33. The number of nitrogens with one attached hydrogen (secondary N) is 1. The molecule has 2 fully saturated rings. The Labute approximate surface area is 148 Å². The second-order valence-corrected chi connectivity index (χ2v) is 7.64. The zero-order chi connectivity index (χ0) is 16.9. The summed E-state index contributed by atoms with van der Waals surface area (Å²) in [6.07, 6.45) is 9.19. The predicted molar refractivity (Wildman–Crippen MR) is 95.2 cm³/mol. The molecule has 1 N–H and O–H groups in total. The van der Waals surface area contributed by atoms with Crippen molar-refractivity contribution < 1.29 is 4.79 Å². The standard InChI is InChI=1S/C20H24N4O/c25-18(15-5-3-6-15)23-11-8-20(9-12-23)19-21-10-13-24(19)17-7-2-1-4-16(17)14-22-20/h1-2,4,7,10,13,15,22H,3,5-6,8-9,11-12,14H2. The number of hydrogen-bond acceptors (Lipinski definition) is 3. The Bertz CT molecular complexity index is 800. The van der Waals surface area contributed by atoms with Gasteiger partial charge in [0, 0.05) is 37.9 Å². The highest BCUT2D eigenvalue weighted by atomic mass is 16.2. The first-order valence-electron chi connectivity index (χ1n) is 9.43. The molecule has 3 aliphatic rings. The molecule has 5 rings (SSSR count). The lowest BCUT2D eigenvalue weighted by atomic mass is 9.82. The number of rotatable bonds is 1. The van der Waals surface area contributed by atoms with Crippen molar-refractivity contribution in [3.8, 4) is 5.69 Å². The Morgan fingerprint density at radius 2 is 2.00 bits per heavy atom. The van der Waals surface area contributed by atoms with E-state index in [-0.39, 0.29) is 5.54 Å². The van der Waals surface area contributed by atoms with Crippen LogP contribution >= 0.6 is 0 Å². The minimum absolute atomic E-state index is 0.140. The molecule has 1 aliphatic carbocycles. The van der Waals surface area contributed by atoms with Crippen molar-refractivity contribution in [2.75, 3.05) is 13.1 Å². The van der Waals surface area contributed by atoms with Crippen LogP contribution in [0.4, 0.5) is 0 Å². The predicted octanol–water partition coefficient (Wildman–Crippen LogP) is 2.59. The zero-order valence-electron chi connectivity index (χ0n) is 14.4. The fourth-order valence-electron chi connectivity index (χ4n) is 4.51. The fraction of sp³-hybridized carbons (Fsp3) is 0.500. The second-order valence-electron chi connectivity index (χ2n) is 7.64. The van der Waals surface area contributed by atoms with Gasteiger partial charge < -0.3 is 14.8 Å². The van der Waals surface area contributed by atoms with Crippen molar-refractivity contribution in [3.63, 3.8) is 0 Å². The quantitative estimate of drug-likeness (QED) is 0.871. The Morgan fingerprint density at radius 3 is 2.76 bits per heavy atom. The molecule has 5 heteroatoms. The van der Waals surface area contributed by atoms with Crippen molar-refractivity contribution in [3.05, 3.63) is 48.0 Å². The van der Waals surface area contributed by atoms with E-state index in [1.165, 1.54) is 17.7 Å². The summed E-state index contributed by atoms with van der Waals surface area (Å²) < 4.78 is 2.23. The van der Waals surface area contributed by atoms with Crippen LogP contribution < -0.4 is 5.32 Å². The summed E-state index contributed by atoms with van der Waals surface area (Å²) in [6.45, 7) is 2.49. The average molecular weight is 336 g/mol. The summed E-state index contributed by atoms with van der Waals surface area (Å²) >= 11 is 0. The van der Waals surface area contributed by atoms with Crippen LogP contribution in [0.2, 0.25) is 0 Å². The van der Waals surface area contributed by atoms with Gasteiger partial charge in [0.25, 0.3) is 0 Å². The maximum atomic E-state index is 12.6. The number of carbonyl (C=O) groups is 1. The molecule has 1 aromatic heterocycles. The molecule has 1 spiro atoms. The highest BCUT2D eigenvalue weighted by Gasteiger charge is 2.43. The number of likely N-dealkylation sites (tertiary alicyclic amines) is 1. The molecule has 2 aromatic rings. The van der Waals surface area contributed by atoms with E-state index in [9.17, 15) is 4.79 Å². The number of piperidine rings is 1. The zero-order valence-corrected chi connectivity index (χ0v) is 14.4. The molecule has 25 heavy (non-hydrogen) atoms. The van der Waals surface area contributed by atoms with Gasteiger partial charge in [0.2, 0.25) is 5.91 Å². The van der Waals surface area contributed by atoms with Crippen LogP contribution in [-0.4, -0.2) is 33.4 Å². The summed E-state index contributed by atoms with van der Waals surface area (Å²) in [5, 5.41) is 3.79. The number of nitrogens with zero attached hydrogens (tertiary/aromatic N) is 3. The first-order chi connectivity index (χ1) is 12.3. The Morgan fingerprint density at radius 1 is 1.20 bits per heavy atom. The van der Waals surface area contributed by atoms with Crippen LogP contribution in [0.1, 0.15) is 43.5 Å². The number of benzene rings is 1. The second kappa shape index (κ2) is 5.70. The highest BCUT2D eigenvalue weighted by molar-refractivity contribution is 5.79. The molecule has 0 atom stereocenters. The van der Waals surface area contributed by atoms with Gasteiger partial charge in [-0.15, -0.1) is 0 Å². The van der Waals surface area contributed by atoms with Gasteiger partial charge in [-0.1, -0.05) is 24.6 Å². The van der Waals surface area contributed by atoms with Crippen LogP contribution in [0.3, 0.4) is 0 Å². The molecule has 130 valence electrons. The third-order valence-electron chi connectivity index (χ3n) is 6.32. The normalized spacial score (nSPS) is 22.0. The third-order valence-corrected chi connectivity index (χ3v) is 6.32. The van der Waals surface area contributed by atoms with Gasteiger partial charge in [-0.2, -0.15) is 0 Å². The molecule has 0 unspecified atom stereocenters. The number of amides is 1. The molecule has 1 amide bonds. The summed E-state index contributed by atoms with van der Waals surface area (Å²) in [5.41, 5.74) is 2.37. The lowest BCUT2D eigenvalue weighted by molar-refractivity contribution is -0.140. The number of fused-ring (bicyclic) bond motifs is 4. The molecular weight excluding hydrogens is 312 g/mol. The minimum Gasteiger partial charge on any atom is -0.342 e. The van der Waals surface area contributed by atoms with E-state index >= 15 is 0 Å². The van der Waals surface area contributed by atoms with Crippen molar-refractivity contribution in [1.82, 2.24) is 19.8 Å². The summed E-state index contributed by atoms with van der Waals surface area (Å²) in [4.78, 5) is 19.4. The molecule has 5 nitrogen and oxygen atoms in total. The van der Waals surface area contributed by atoms with Gasteiger partial charge in [0.1, 0.15) is 5.82 Å². The Kier molecular flexibility index (Phi) is 3.45. The van der Waals surface area contributed by atoms with E-state index in [1.807, 2.05) is 6.20 Å². The van der Waals surface area contributed by atoms with Gasteiger partial charge >= 0.3 is 0 Å². The largest absolute Gasteiger partial charge is 0.342 e. The monoisotopic (exact) mass is 336 g/mol. The number of aromatic nitrogens is 2. The van der Waals surface area contributed by atoms with Crippen molar-refractivity contribution in [2.24, 2.45) is 5.92 Å². The maximum absolute atomic E-state index is 12.6. The van der Waals surface area contributed by atoms with Gasteiger partial charge in [-0.3, -0.25) is 4.79 Å². The maximum Gasteiger partial charge on any atom is 0.225 e. The average Bonchev–Trinajstić information content (AvgIpc) is 3.05. The van der Waals surface area contributed by atoms with Crippen LogP contribution in [0.5, 0.6) is 0 Å². The SMILES string of the molecule is O=C(C1CCC1)N1CCC2(CC1)NCc1ccccc1-n1ccnc12. The van der Waals surface area contributed by atoms with Crippen LogP contribution in [0.15, 0.2) is 36.7 Å². The first kappa shape index (κ1) is 15.1. The molecule has 1 saturated heterocycles. The smallest absolute Gasteiger partial charge is 0.225 e. The lowest BCUT2D eigenvalue weighted by Crippen LogP contribution is -2.53. The number of imidazole rings is 1.